The number of ether oxygens (including phenoxy) is 1. The molecule has 0 radical (unpaired) electrons. The third kappa shape index (κ3) is 3.33. The number of aromatic nitrogens is 1. The Morgan fingerprint density at radius 1 is 1.61 bits per heavy atom. The van der Waals surface area contributed by atoms with Crippen LogP contribution in [0.5, 0.6) is 0 Å². The first-order valence-corrected chi connectivity index (χ1v) is 5.84. The van der Waals surface area contributed by atoms with E-state index >= 15 is 0 Å². The van der Waals surface area contributed by atoms with Crippen LogP contribution in [0, 0.1) is 0 Å². The van der Waals surface area contributed by atoms with Gasteiger partial charge >= 0.3 is 0 Å². The van der Waals surface area contributed by atoms with Crippen LogP contribution in [0.1, 0.15) is 19.5 Å². The van der Waals surface area contributed by atoms with E-state index in [9.17, 15) is 0 Å². The lowest BCUT2D eigenvalue weighted by atomic mass is 10.2. The fourth-order valence-electron chi connectivity index (χ4n) is 1.81. The van der Waals surface area contributed by atoms with Gasteiger partial charge in [0, 0.05) is 13.7 Å². The van der Waals surface area contributed by atoms with Crippen LogP contribution < -0.4 is 10.6 Å². The molecule has 6 nitrogen and oxygen atoms in total. The third-order valence-electron chi connectivity index (χ3n) is 2.68. The molecule has 1 aromatic heterocycles. The zero-order valence-electron chi connectivity index (χ0n) is 11.0. The van der Waals surface area contributed by atoms with E-state index in [4.69, 9.17) is 15.7 Å². The first-order valence-electron chi connectivity index (χ1n) is 5.84. The van der Waals surface area contributed by atoms with E-state index < -0.39 is 0 Å². The van der Waals surface area contributed by atoms with Gasteiger partial charge in [-0.3, -0.25) is 0 Å². The van der Waals surface area contributed by atoms with Gasteiger partial charge in [-0.2, -0.15) is 0 Å². The van der Waals surface area contributed by atoms with Crippen LogP contribution >= 0.6 is 0 Å². The summed E-state index contributed by atoms with van der Waals surface area (Å²) in [5, 5.41) is 11.6. The molecule has 0 fully saturated rings. The van der Waals surface area contributed by atoms with Gasteiger partial charge in [-0.1, -0.05) is 11.2 Å². The minimum Gasteiger partial charge on any atom is -0.409 e. The molecule has 1 heterocycles. The Morgan fingerprint density at radius 2 is 2.33 bits per heavy atom. The number of pyridine rings is 1. The number of amidine groups is 1. The van der Waals surface area contributed by atoms with Crippen molar-refractivity contribution in [2.75, 3.05) is 25.2 Å². The summed E-state index contributed by atoms with van der Waals surface area (Å²) >= 11 is 0. The lowest BCUT2D eigenvalue weighted by Gasteiger charge is -2.28. The van der Waals surface area contributed by atoms with Crippen LogP contribution in [0.4, 0.5) is 5.82 Å². The van der Waals surface area contributed by atoms with Crippen LogP contribution in [-0.4, -0.2) is 42.3 Å². The van der Waals surface area contributed by atoms with Gasteiger partial charge in [0.25, 0.3) is 0 Å². The molecule has 0 spiro atoms. The number of nitrogens with zero attached hydrogens (tertiary/aromatic N) is 3. The highest BCUT2D eigenvalue weighted by molar-refractivity contribution is 5.95. The van der Waals surface area contributed by atoms with Crippen molar-refractivity contribution in [3.8, 4) is 0 Å². The van der Waals surface area contributed by atoms with Crippen molar-refractivity contribution < 1.29 is 9.94 Å². The van der Waals surface area contributed by atoms with E-state index in [1.165, 1.54) is 0 Å². The average molecular weight is 252 g/mol. The predicted molar refractivity (Wildman–Crippen MR) is 71.1 cm³/mol. The fraction of sp³-hybridized carbons (Fsp3) is 0.500. The van der Waals surface area contributed by atoms with Gasteiger partial charge in [0.05, 0.1) is 12.6 Å². The summed E-state index contributed by atoms with van der Waals surface area (Å²) < 4.78 is 5.15. The summed E-state index contributed by atoms with van der Waals surface area (Å²) in [5.41, 5.74) is 5.99. The molecule has 1 atom stereocenters. The van der Waals surface area contributed by atoms with Gasteiger partial charge in [-0.15, -0.1) is 0 Å². The highest BCUT2D eigenvalue weighted by Crippen LogP contribution is 2.14. The Kier molecular flexibility index (Phi) is 5.38. The van der Waals surface area contributed by atoms with Crippen molar-refractivity contribution in [1.82, 2.24) is 4.98 Å². The number of hydrogen-bond acceptors (Lipinski definition) is 5. The molecule has 1 rings (SSSR count). The van der Waals surface area contributed by atoms with E-state index in [1.807, 2.05) is 19.1 Å². The maximum absolute atomic E-state index is 8.66. The SMILES string of the molecule is CCN(c1cccc(C(N)=NO)n1)C(C)COC. The first kappa shape index (κ1) is 14.2. The molecular weight excluding hydrogens is 232 g/mol. The summed E-state index contributed by atoms with van der Waals surface area (Å²) in [4.78, 5) is 6.47. The van der Waals surface area contributed by atoms with Crippen LogP contribution in [-0.2, 0) is 4.74 Å². The van der Waals surface area contributed by atoms with Gasteiger partial charge in [0.2, 0.25) is 0 Å². The lowest BCUT2D eigenvalue weighted by molar-refractivity contribution is 0.181. The maximum Gasteiger partial charge on any atom is 0.188 e. The summed E-state index contributed by atoms with van der Waals surface area (Å²) in [6.45, 7) is 5.52. The normalized spacial score (nSPS) is 13.4. The molecule has 0 aliphatic carbocycles. The molecule has 18 heavy (non-hydrogen) atoms. The van der Waals surface area contributed by atoms with Gasteiger partial charge < -0.3 is 20.6 Å². The Morgan fingerprint density at radius 3 is 2.89 bits per heavy atom. The van der Waals surface area contributed by atoms with Crippen molar-refractivity contribution >= 4 is 11.7 Å². The Balaban J connectivity index is 2.99. The van der Waals surface area contributed by atoms with E-state index in [0.29, 0.717) is 12.3 Å². The van der Waals surface area contributed by atoms with Gasteiger partial charge in [-0.25, -0.2) is 4.98 Å². The zero-order chi connectivity index (χ0) is 13.5. The number of anilines is 1. The van der Waals surface area contributed by atoms with Crippen LogP contribution in [0.3, 0.4) is 0 Å². The number of methoxy groups -OCH3 is 1. The Bertz CT molecular complexity index is 409. The standard InChI is InChI=1S/C12H20N4O2/c1-4-16(9(2)8-18-3)11-7-5-6-10(14-11)12(13)15-17/h5-7,9,17H,4,8H2,1-3H3,(H2,13,15). The quantitative estimate of drug-likeness (QED) is 0.342. The summed E-state index contributed by atoms with van der Waals surface area (Å²) in [5.74, 6) is 0.790. The summed E-state index contributed by atoms with van der Waals surface area (Å²) in [6, 6.07) is 5.63. The molecule has 0 saturated heterocycles. The van der Waals surface area contributed by atoms with E-state index in [2.05, 4.69) is 22.0 Å². The molecule has 6 heteroatoms. The highest BCUT2D eigenvalue weighted by Gasteiger charge is 2.14. The molecule has 3 N–H and O–H groups in total. The molecule has 1 unspecified atom stereocenters. The molecule has 0 saturated carbocycles. The second-order valence-electron chi connectivity index (χ2n) is 3.96. The molecule has 1 aromatic rings. The largest absolute Gasteiger partial charge is 0.409 e. The number of rotatable bonds is 6. The van der Waals surface area contributed by atoms with E-state index in [-0.39, 0.29) is 11.9 Å². The first-order chi connectivity index (χ1) is 8.63. The molecule has 0 aromatic carbocycles. The van der Waals surface area contributed by atoms with E-state index in [0.717, 1.165) is 12.4 Å². The van der Waals surface area contributed by atoms with Gasteiger partial charge in [0.15, 0.2) is 5.84 Å². The minimum absolute atomic E-state index is 0.00676. The van der Waals surface area contributed by atoms with Crippen molar-refractivity contribution in [3.05, 3.63) is 23.9 Å². The number of likely N-dealkylation sites (N-methyl/N-ethyl adjacent to an activating group) is 1. The molecule has 0 amide bonds. The average Bonchev–Trinajstić information content (AvgIpc) is 2.39. The fourth-order valence-corrected chi connectivity index (χ4v) is 1.81. The highest BCUT2D eigenvalue weighted by atomic mass is 16.5. The van der Waals surface area contributed by atoms with Crippen molar-refractivity contribution in [2.45, 2.75) is 19.9 Å². The smallest absolute Gasteiger partial charge is 0.188 e. The van der Waals surface area contributed by atoms with Crippen molar-refractivity contribution in [1.29, 1.82) is 0 Å². The van der Waals surface area contributed by atoms with Crippen molar-refractivity contribution in [2.24, 2.45) is 10.9 Å². The zero-order valence-corrected chi connectivity index (χ0v) is 11.0. The molecule has 0 aliphatic rings. The van der Waals surface area contributed by atoms with Crippen LogP contribution in [0.2, 0.25) is 0 Å². The monoisotopic (exact) mass is 252 g/mol. The second-order valence-corrected chi connectivity index (χ2v) is 3.96. The lowest BCUT2D eigenvalue weighted by Crippen LogP contribution is -2.37. The number of hydrogen-bond donors (Lipinski definition) is 2. The molecule has 0 bridgehead atoms. The maximum atomic E-state index is 8.66. The van der Waals surface area contributed by atoms with Crippen LogP contribution in [0.15, 0.2) is 23.4 Å². The molecule has 100 valence electrons. The Hall–Kier alpha value is -1.82. The molecule has 0 aliphatic heterocycles. The minimum atomic E-state index is 0.00676. The van der Waals surface area contributed by atoms with Gasteiger partial charge in [0.1, 0.15) is 11.5 Å². The van der Waals surface area contributed by atoms with Gasteiger partial charge in [-0.05, 0) is 26.0 Å². The Labute approximate surface area is 107 Å². The number of oxime groups is 1. The topological polar surface area (TPSA) is 84.0 Å². The van der Waals surface area contributed by atoms with Crippen LogP contribution in [0.25, 0.3) is 0 Å². The second kappa shape index (κ2) is 6.80. The molecular formula is C12H20N4O2. The predicted octanol–water partition coefficient (Wildman–Crippen LogP) is 1.04. The summed E-state index contributed by atoms with van der Waals surface area (Å²) in [6.07, 6.45) is 0. The summed E-state index contributed by atoms with van der Waals surface area (Å²) in [7, 11) is 1.67. The third-order valence-corrected chi connectivity index (χ3v) is 2.68. The number of nitrogens with two attached hydrogens (primary N) is 1. The van der Waals surface area contributed by atoms with E-state index in [1.54, 1.807) is 13.2 Å². The van der Waals surface area contributed by atoms with Crippen molar-refractivity contribution in [3.63, 3.8) is 0 Å².